The van der Waals surface area contributed by atoms with Crippen molar-refractivity contribution >= 4 is 83.8 Å². The molecule has 0 amide bonds. The lowest BCUT2D eigenvalue weighted by Gasteiger charge is -2.37. The Labute approximate surface area is 287 Å². The molecule has 5 nitrogen and oxygen atoms in total. The van der Waals surface area contributed by atoms with Crippen LogP contribution in [-0.2, 0) is 0 Å². The fourth-order valence-corrected chi connectivity index (χ4v) is 8.96. The van der Waals surface area contributed by atoms with Gasteiger partial charge in [0.25, 0.3) is 6.71 Å². The molecule has 11 rings (SSSR count). The molecule has 0 N–H and O–H groups in total. The van der Waals surface area contributed by atoms with Crippen molar-refractivity contribution in [3.05, 3.63) is 157 Å². The molecular formula is C44H24BN5. The summed E-state index contributed by atoms with van der Waals surface area (Å²) < 4.78 is 4.62. The highest BCUT2D eigenvalue weighted by Gasteiger charge is 2.45. The molecule has 0 spiro atoms. The second kappa shape index (κ2) is 9.76. The number of nitrogens with zero attached hydrogens (tertiary/aromatic N) is 5. The first-order valence-corrected chi connectivity index (χ1v) is 16.8. The number of aromatic nitrogens is 2. The summed E-state index contributed by atoms with van der Waals surface area (Å²) >= 11 is 0. The molecule has 0 atom stereocenters. The van der Waals surface area contributed by atoms with E-state index in [-0.39, 0.29) is 6.71 Å². The van der Waals surface area contributed by atoms with Crippen LogP contribution in [0.15, 0.2) is 146 Å². The third kappa shape index (κ3) is 3.21. The first kappa shape index (κ1) is 27.0. The molecule has 0 radical (unpaired) electrons. The molecule has 0 bridgehead atoms. The zero-order valence-electron chi connectivity index (χ0n) is 26.7. The van der Waals surface area contributed by atoms with Gasteiger partial charge in [0.05, 0.1) is 28.1 Å². The normalized spacial score (nSPS) is 12.3. The summed E-state index contributed by atoms with van der Waals surface area (Å²) in [4.78, 5) is 2.09. The average molecular weight is 634 g/mol. The first-order valence-electron chi connectivity index (χ1n) is 16.8. The van der Waals surface area contributed by atoms with Gasteiger partial charge in [-0.05, 0) is 52.8 Å². The van der Waals surface area contributed by atoms with Gasteiger partial charge >= 0.3 is 0 Å². The lowest BCUT2D eigenvalue weighted by Crippen LogP contribution is -2.60. The summed E-state index contributed by atoms with van der Waals surface area (Å²) in [6.07, 6.45) is 0. The lowest BCUT2D eigenvalue weighted by molar-refractivity contribution is 1.11. The van der Waals surface area contributed by atoms with Gasteiger partial charge < -0.3 is 14.0 Å². The van der Waals surface area contributed by atoms with Gasteiger partial charge in [0.2, 0.25) is 0 Å². The number of nitriles is 2. The van der Waals surface area contributed by atoms with Crippen LogP contribution in [0.1, 0.15) is 11.1 Å². The number of hydrogen-bond donors (Lipinski definition) is 0. The molecule has 0 unspecified atom stereocenters. The highest BCUT2D eigenvalue weighted by Crippen LogP contribution is 2.47. The van der Waals surface area contributed by atoms with E-state index in [2.05, 4.69) is 111 Å². The van der Waals surface area contributed by atoms with Crippen LogP contribution in [0.4, 0.5) is 17.1 Å². The van der Waals surface area contributed by atoms with Gasteiger partial charge in [-0.25, -0.2) is 0 Å². The SMILES string of the molecule is N#Cc1c(N(c2ccccc2)c2ccccc2)c(C#N)c2c3c1-n1c4ccccc4c4cccc(c41)B3c1cccc3c4ccccc4n-2c13. The quantitative estimate of drug-likeness (QED) is 0.184. The smallest absolute Gasteiger partial charge is 0.252 e. The molecule has 4 heterocycles. The predicted molar refractivity (Wildman–Crippen MR) is 204 cm³/mol. The van der Waals surface area contributed by atoms with Crippen LogP contribution in [0, 0.1) is 22.7 Å². The van der Waals surface area contributed by atoms with Crippen LogP contribution in [0.25, 0.3) is 55.0 Å². The average Bonchev–Trinajstić information content (AvgIpc) is 3.70. The van der Waals surface area contributed by atoms with E-state index < -0.39 is 0 Å². The topological polar surface area (TPSA) is 60.7 Å². The Morgan fingerprint density at radius 2 is 0.880 bits per heavy atom. The van der Waals surface area contributed by atoms with Gasteiger partial charge in [-0.15, -0.1) is 0 Å². The van der Waals surface area contributed by atoms with Crippen molar-refractivity contribution in [2.24, 2.45) is 0 Å². The maximum atomic E-state index is 11.5. The van der Waals surface area contributed by atoms with Gasteiger partial charge in [0.1, 0.15) is 23.3 Å². The number of anilines is 3. The molecule has 0 saturated heterocycles. The molecule has 0 saturated carbocycles. The second-order valence-corrected chi connectivity index (χ2v) is 13.1. The fourth-order valence-electron chi connectivity index (χ4n) is 8.96. The fraction of sp³-hybridized carbons (Fsp3) is 0. The Morgan fingerprint density at radius 3 is 1.34 bits per heavy atom. The number of hydrogen-bond acceptors (Lipinski definition) is 3. The van der Waals surface area contributed by atoms with E-state index in [9.17, 15) is 10.5 Å². The summed E-state index contributed by atoms with van der Waals surface area (Å²) in [6, 6.07) is 55.7. The number of benzene rings is 7. The number of rotatable bonds is 3. The third-order valence-electron chi connectivity index (χ3n) is 10.7. The van der Waals surface area contributed by atoms with Gasteiger partial charge in [-0.2, -0.15) is 10.5 Å². The molecule has 2 aliphatic rings. The maximum absolute atomic E-state index is 11.5. The largest absolute Gasteiger partial charge is 0.309 e. The minimum atomic E-state index is -0.184. The van der Waals surface area contributed by atoms with E-state index in [1.165, 1.54) is 10.9 Å². The van der Waals surface area contributed by atoms with E-state index >= 15 is 0 Å². The molecule has 228 valence electrons. The molecule has 9 aromatic rings. The van der Waals surface area contributed by atoms with Crippen molar-refractivity contribution in [2.75, 3.05) is 4.90 Å². The van der Waals surface area contributed by atoms with Crippen LogP contribution < -0.4 is 21.3 Å². The highest BCUT2D eigenvalue weighted by atomic mass is 15.2. The van der Waals surface area contributed by atoms with Crippen LogP contribution in [-0.4, -0.2) is 15.8 Å². The van der Waals surface area contributed by atoms with Crippen molar-refractivity contribution in [1.29, 1.82) is 10.5 Å². The zero-order valence-corrected chi connectivity index (χ0v) is 26.7. The minimum absolute atomic E-state index is 0.184. The van der Waals surface area contributed by atoms with E-state index in [1.54, 1.807) is 0 Å². The van der Waals surface area contributed by atoms with Crippen LogP contribution in [0.2, 0.25) is 0 Å². The molecule has 0 aliphatic carbocycles. The summed E-state index contributed by atoms with van der Waals surface area (Å²) in [6.45, 7) is -0.184. The molecular weight excluding hydrogens is 609 g/mol. The molecule has 50 heavy (non-hydrogen) atoms. The van der Waals surface area contributed by atoms with Crippen molar-refractivity contribution in [2.45, 2.75) is 0 Å². The molecule has 6 heteroatoms. The predicted octanol–water partition coefficient (Wildman–Crippen LogP) is 8.24. The van der Waals surface area contributed by atoms with Gasteiger partial charge in [-0.1, -0.05) is 109 Å². The van der Waals surface area contributed by atoms with Crippen molar-refractivity contribution in [3.8, 4) is 23.5 Å². The monoisotopic (exact) mass is 633 g/mol. The van der Waals surface area contributed by atoms with Crippen LogP contribution in [0.5, 0.6) is 0 Å². The van der Waals surface area contributed by atoms with E-state index in [4.69, 9.17) is 0 Å². The number of fused-ring (bicyclic) bond motifs is 10. The summed E-state index contributed by atoms with van der Waals surface area (Å²) in [5, 5.41) is 27.6. The summed E-state index contributed by atoms with van der Waals surface area (Å²) in [7, 11) is 0. The minimum Gasteiger partial charge on any atom is -0.309 e. The second-order valence-electron chi connectivity index (χ2n) is 13.1. The van der Waals surface area contributed by atoms with Crippen LogP contribution >= 0.6 is 0 Å². The van der Waals surface area contributed by atoms with Crippen molar-refractivity contribution < 1.29 is 0 Å². The standard InChI is InChI=1S/C44H24BN5/c46-25-33-40(48(27-13-3-1-4-14-27)28-15-5-2-6-16-28)34(26-47)44-39-43(33)49-37-23-9-7-17-29(37)31-19-11-21-35(41(31)49)45(39)36-22-12-20-32-30-18-8-10-24-38(30)50(44)42(32)36/h1-24H. The van der Waals surface area contributed by atoms with Crippen LogP contribution in [0.3, 0.4) is 0 Å². The Bertz CT molecular complexity index is 2810. The Kier molecular flexibility index (Phi) is 5.27. The van der Waals surface area contributed by atoms with Gasteiger partial charge in [0, 0.05) is 44.0 Å². The lowest BCUT2D eigenvalue weighted by atomic mass is 9.34. The molecule has 7 aromatic carbocycles. The van der Waals surface area contributed by atoms with Crippen molar-refractivity contribution in [3.63, 3.8) is 0 Å². The van der Waals surface area contributed by atoms with E-state index in [0.717, 1.165) is 71.8 Å². The summed E-state index contributed by atoms with van der Waals surface area (Å²) in [5.41, 5.74) is 12.6. The van der Waals surface area contributed by atoms with Gasteiger partial charge in [0.15, 0.2) is 0 Å². The van der Waals surface area contributed by atoms with Gasteiger partial charge in [-0.3, -0.25) is 0 Å². The first-order chi connectivity index (χ1) is 24.8. The molecule has 2 aromatic heterocycles. The third-order valence-corrected chi connectivity index (χ3v) is 10.7. The zero-order chi connectivity index (χ0) is 33.1. The molecule has 0 fully saturated rings. The maximum Gasteiger partial charge on any atom is 0.252 e. The van der Waals surface area contributed by atoms with E-state index in [0.29, 0.717) is 16.8 Å². The summed E-state index contributed by atoms with van der Waals surface area (Å²) in [5.74, 6) is 0. The Morgan fingerprint density at radius 1 is 0.460 bits per heavy atom. The van der Waals surface area contributed by atoms with E-state index in [1.807, 2.05) is 60.7 Å². The highest BCUT2D eigenvalue weighted by molar-refractivity contribution is 7.00. The Balaban J connectivity index is 1.45. The molecule has 2 aliphatic heterocycles. The number of para-hydroxylation sites is 6. The Hall–Kier alpha value is -7.02. The van der Waals surface area contributed by atoms with Crippen molar-refractivity contribution in [1.82, 2.24) is 9.13 Å².